The van der Waals surface area contributed by atoms with Gasteiger partial charge in [-0.25, -0.2) is 24.3 Å². The van der Waals surface area contributed by atoms with Crippen molar-refractivity contribution in [2.75, 3.05) is 5.32 Å². The molecule has 3 N–H and O–H groups in total. The van der Waals surface area contributed by atoms with Gasteiger partial charge >= 0.3 is 0 Å². The smallest absolute Gasteiger partial charge is 0.183 e. The standard InChI is InChI=1S/C23H15Cl2FN8/c24-14-5-13-4-12(1-2-17(13)27-8-14)18(26)21-33-19-22(31-10-32-23(19)34-21)29-7-11-3-15-16(25)9-30-20(15)28-6-11/h1-6,8-10,18H,7H2,(H,28,30)(H2,29,31,32,33,34). The van der Waals surface area contributed by atoms with Gasteiger partial charge in [0.15, 0.2) is 17.6 Å². The van der Waals surface area contributed by atoms with Gasteiger partial charge in [0.05, 0.1) is 15.6 Å². The number of hydrogen-bond acceptors (Lipinski definition) is 6. The highest BCUT2D eigenvalue weighted by Crippen LogP contribution is 2.30. The van der Waals surface area contributed by atoms with Crippen molar-refractivity contribution in [3.8, 4) is 0 Å². The Morgan fingerprint density at radius 2 is 1.94 bits per heavy atom. The van der Waals surface area contributed by atoms with Crippen LogP contribution >= 0.6 is 23.2 Å². The molecule has 168 valence electrons. The zero-order chi connectivity index (χ0) is 23.2. The number of pyridine rings is 2. The Hall–Kier alpha value is -3.82. The molecule has 0 aliphatic rings. The predicted octanol–water partition coefficient (Wildman–Crippen LogP) is 5.76. The van der Waals surface area contributed by atoms with Crippen LogP contribution in [0.1, 0.15) is 23.1 Å². The first kappa shape index (κ1) is 20.8. The zero-order valence-electron chi connectivity index (χ0n) is 17.4. The second kappa shape index (κ2) is 8.19. The third-order valence-electron chi connectivity index (χ3n) is 5.51. The summed E-state index contributed by atoms with van der Waals surface area (Å²) in [5, 5.41) is 5.92. The minimum Gasteiger partial charge on any atom is -0.364 e. The number of hydrogen-bond donors (Lipinski definition) is 3. The Morgan fingerprint density at radius 3 is 2.85 bits per heavy atom. The maximum absolute atomic E-state index is 15.4. The lowest BCUT2D eigenvalue weighted by Crippen LogP contribution is -2.03. The molecule has 0 aliphatic carbocycles. The van der Waals surface area contributed by atoms with Gasteiger partial charge in [0, 0.05) is 35.9 Å². The van der Waals surface area contributed by atoms with Crippen molar-refractivity contribution >= 4 is 62.1 Å². The fourth-order valence-electron chi connectivity index (χ4n) is 3.84. The summed E-state index contributed by atoms with van der Waals surface area (Å²) in [5.41, 5.74) is 3.67. The van der Waals surface area contributed by atoms with E-state index in [0.29, 0.717) is 39.1 Å². The minimum absolute atomic E-state index is 0.134. The molecule has 6 rings (SSSR count). The quantitative estimate of drug-likeness (QED) is 0.282. The van der Waals surface area contributed by atoms with Crippen molar-refractivity contribution in [3.05, 3.63) is 82.2 Å². The summed E-state index contributed by atoms with van der Waals surface area (Å²) >= 11 is 12.2. The van der Waals surface area contributed by atoms with Crippen LogP contribution in [0.5, 0.6) is 0 Å². The molecule has 1 unspecified atom stereocenters. The molecule has 5 heterocycles. The highest BCUT2D eigenvalue weighted by Gasteiger charge is 2.20. The van der Waals surface area contributed by atoms with Gasteiger partial charge in [-0.05, 0) is 35.4 Å². The number of benzene rings is 1. The van der Waals surface area contributed by atoms with Gasteiger partial charge in [-0.15, -0.1) is 0 Å². The molecule has 6 aromatic rings. The lowest BCUT2D eigenvalue weighted by atomic mass is 10.1. The number of halogens is 3. The highest BCUT2D eigenvalue weighted by molar-refractivity contribution is 6.35. The Balaban J connectivity index is 1.29. The Kier molecular flexibility index (Phi) is 5.00. The van der Waals surface area contributed by atoms with Crippen molar-refractivity contribution in [2.45, 2.75) is 12.7 Å². The van der Waals surface area contributed by atoms with Crippen molar-refractivity contribution in [1.29, 1.82) is 0 Å². The molecule has 0 saturated heterocycles. The van der Waals surface area contributed by atoms with Crippen LogP contribution in [0.4, 0.5) is 10.2 Å². The molecule has 1 atom stereocenters. The number of H-pyrrole nitrogens is 2. The maximum Gasteiger partial charge on any atom is 0.183 e. The Bertz CT molecular complexity index is 1680. The number of aromatic nitrogens is 7. The number of alkyl halides is 1. The fourth-order valence-corrected chi connectivity index (χ4v) is 4.20. The molecule has 0 bridgehead atoms. The number of anilines is 1. The van der Waals surface area contributed by atoms with Gasteiger partial charge in [0.2, 0.25) is 0 Å². The van der Waals surface area contributed by atoms with Gasteiger partial charge in [-0.2, -0.15) is 0 Å². The van der Waals surface area contributed by atoms with Gasteiger partial charge < -0.3 is 15.3 Å². The van der Waals surface area contributed by atoms with E-state index in [2.05, 4.69) is 40.2 Å². The van der Waals surface area contributed by atoms with Crippen LogP contribution in [0.3, 0.4) is 0 Å². The third-order valence-corrected chi connectivity index (χ3v) is 6.03. The van der Waals surface area contributed by atoms with Crippen molar-refractivity contribution in [1.82, 2.24) is 34.9 Å². The van der Waals surface area contributed by atoms with Gasteiger partial charge in [-0.1, -0.05) is 29.3 Å². The van der Waals surface area contributed by atoms with Crippen LogP contribution in [0.25, 0.3) is 33.1 Å². The van der Waals surface area contributed by atoms with E-state index in [1.807, 2.05) is 6.07 Å². The number of imidazole rings is 1. The predicted molar refractivity (Wildman–Crippen MR) is 130 cm³/mol. The van der Waals surface area contributed by atoms with Crippen LogP contribution in [0.15, 0.2) is 55.2 Å². The highest BCUT2D eigenvalue weighted by atomic mass is 35.5. The van der Waals surface area contributed by atoms with Crippen LogP contribution in [0, 0.1) is 0 Å². The van der Waals surface area contributed by atoms with Crippen LogP contribution in [0.2, 0.25) is 10.0 Å². The number of rotatable bonds is 5. The Morgan fingerprint density at radius 1 is 1.03 bits per heavy atom. The van der Waals surface area contributed by atoms with E-state index >= 15 is 4.39 Å². The number of aromatic amines is 2. The molecule has 0 saturated carbocycles. The average Bonchev–Trinajstić information content (AvgIpc) is 3.45. The molecule has 11 heteroatoms. The summed E-state index contributed by atoms with van der Waals surface area (Å²) in [6, 6.07) is 8.85. The van der Waals surface area contributed by atoms with Crippen LogP contribution < -0.4 is 5.32 Å². The average molecular weight is 493 g/mol. The summed E-state index contributed by atoms with van der Waals surface area (Å²) in [4.78, 5) is 27.5. The molecule has 0 fully saturated rings. The Labute approximate surface area is 201 Å². The summed E-state index contributed by atoms with van der Waals surface area (Å²) in [6.07, 6.45) is 4.90. The monoisotopic (exact) mass is 492 g/mol. The summed E-state index contributed by atoms with van der Waals surface area (Å²) in [7, 11) is 0. The minimum atomic E-state index is -1.49. The normalized spacial score (nSPS) is 12.6. The maximum atomic E-state index is 15.4. The topological polar surface area (TPSA) is 108 Å². The first-order valence-corrected chi connectivity index (χ1v) is 11.1. The molecule has 0 amide bonds. The van der Waals surface area contributed by atoms with E-state index in [-0.39, 0.29) is 5.82 Å². The van der Waals surface area contributed by atoms with Gasteiger partial charge in [0.25, 0.3) is 0 Å². The molecule has 0 aliphatic heterocycles. The number of nitrogens with zero attached hydrogens (tertiary/aromatic N) is 5. The largest absolute Gasteiger partial charge is 0.364 e. The fraction of sp³-hybridized carbons (Fsp3) is 0.0870. The van der Waals surface area contributed by atoms with Crippen molar-refractivity contribution in [3.63, 3.8) is 0 Å². The third kappa shape index (κ3) is 3.68. The summed E-state index contributed by atoms with van der Waals surface area (Å²) in [5.74, 6) is 0.640. The van der Waals surface area contributed by atoms with E-state index in [1.54, 1.807) is 42.9 Å². The van der Waals surface area contributed by atoms with E-state index in [9.17, 15) is 0 Å². The van der Waals surface area contributed by atoms with E-state index in [0.717, 1.165) is 27.5 Å². The SMILES string of the molecule is FC(c1ccc2ncc(Cl)cc2c1)c1nc2ncnc(NCc3cnc4[nH]cc(Cl)c4c3)c2[nH]1. The summed E-state index contributed by atoms with van der Waals surface area (Å²) < 4.78 is 15.4. The van der Waals surface area contributed by atoms with Gasteiger partial charge in [-0.3, -0.25) is 4.98 Å². The van der Waals surface area contributed by atoms with E-state index < -0.39 is 6.17 Å². The second-order valence-electron chi connectivity index (χ2n) is 7.74. The van der Waals surface area contributed by atoms with Crippen LogP contribution in [-0.4, -0.2) is 34.9 Å². The molecular formula is C23H15Cl2FN8. The second-order valence-corrected chi connectivity index (χ2v) is 8.58. The van der Waals surface area contributed by atoms with E-state index in [4.69, 9.17) is 23.2 Å². The number of nitrogens with one attached hydrogen (secondary N) is 3. The molecule has 0 radical (unpaired) electrons. The molecule has 34 heavy (non-hydrogen) atoms. The molecule has 8 nitrogen and oxygen atoms in total. The first-order valence-electron chi connectivity index (χ1n) is 10.3. The molecule has 1 aromatic carbocycles. The van der Waals surface area contributed by atoms with E-state index in [1.165, 1.54) is 6.33 Å². The lowest BCUT2D eigenvalue weighted by molar-refractivity contribution is 0.387. The zero-order valence-corrected chi connectivity index (χ0v) is 18.9. The van der Waals surface area contributed by atoms with Crippen molar-refractivity contribution in [2.24, 2.45) is 0 Å². The van der Waals surface area contributed by atoms with Gasteiger partial charge in [0.1, 0.15) is 23.3 Å². The molecule has 5 aromatic heterocycles. The molecular weight excluding hydrogens is 478 g/mol. The van der Waals surface area contributed by atoms with Crippen molar-refractivity contribution < 1.29 is 4.39 Å². The first-order chi connectivity index (χ1) is 16.5. The van der Waals surface area contributed by atoms with Crippen LogP contribution in [-0.2, 0) is 6.54 Å². The molecule has 0 spiro atoms. The summed E-state index contributed by atoms with van der Waals surface area (Å²) in [6.45, 7) is 0.433. The number of fused-ring (bicyclic) bond motifs is 3. The lowest BCUT2D eigenvalue weighted by Gasteiger charge is -2.07.